The first-order chi connectivity index (χ1) is 5.33. The molecular weight excluding hydrogens is 266 g/mol. The SMILES string of the molecule is CCCCCCCC.[O]=[Sn][Cl]. The van der Waals surface area contributed by atoms with Crippen LogP contribution < -0.4 is 0 Å². The predicted molar refractivity (Wildman–Crippen MR) is 51.3 cm³/mol. The Hall–Kier alpha value is 0.889. The summed E-state index contributed by atoms with van der Waals surface area (Å²) in [4.78, 5) is 0. The number of hydrogen-bond acceptors (Lipinski definition) is 1. The molecule has 0 aromatic rings. The molecule has 0 aliphatic heterocycles. The van der Waals surface area contributed by atoms with Gasteiger partial charge in [0.05, 0.1) is 0 Å². The van der Waals surface area contributed by atoms with Crippen molar-refractivity contribution in [3.63, 3.8) is 0 Å². The fraction of sp³-hybridized carbons (Fsp3) is 1.00. The molecule has 0 atom stereocenters. The Morgan fingerprint density at radius 1 is 1.00 bits per heavy atom. The van der Waals surface area contributed by atoms with E-state index in [1.807, 2.05) is 0 Å². The molecule has 0 saturated carbocycles. The average molecular weight is 284 g/mol. The molecule has 0 spiro atoms. The van der Waals surface area contributed by atoms with Gasteiger partial charge < -0.3 is 0 Å². The van der Waals surface area contributed by atoms with Gasteiger partial charge in [-0.3, -0.25) is 0 Å². The number of hydrogen-bond donors (Lipinski definition) is 0. The van der Waals surface area contributed by atoms with Gasteiger partial charge in [0.25, 0.3) is 0 Å². The summed E-state index contributed by atoms with van der Waals surface area (Å²) < 4.78 is 8.87. The van der Waals surface area contributed by atoms with Crippen molar-refractivity contribution < 1.29 is 3.08 Å². The van der Waals surface area contributed by atoms with Crippen LogP contribution in [0.25, 0.3) is 0 Å². The second-order valence-electron chi connectivity index (χ2n) is 2.49. The third-order valence-corrected chi connectivity index (χ3v) is 1.46. The molecular formula is C8H18ClOSn. The summed E-state index contributed by atoms with van der Waals surface area (Å²) >= 11 is -1.55. The topological polar surface area (TPSA) is 17.1 Å². The van der Waals surface area contributed by atoms with Crippen LogP contribution in [0, 0.1) is 0 Å². The van der Waals surface area contributed by atoms with Crippen molar-refractivity contribution in [3.05, 3.63) is 0 Å². The van der Waals surface area contributed by atoms with E-state index in [9.17, 15) is 0 Å². The molecule has 0 aliphatic carbocycles. The van der Waals surface area contributed by atoms with Gasteiger partial charge in [-0.2, -0.15) is 0 Å². The van der Waals surface area contributed by atoms with Crippen LogP contribution in [0.4, 0.5) is 0 Å². The summed E-state index contributed by atoms with van der Waals surface area (Å²) in [5, 5.41) is 0. The molecule has 0 N–H and O–H groups in total. The van der Waals surface area contributed by atoms with E-state index >= 15 is 0 Å². The second kappa shape index (κ2) is 17.1. The van der Waals surface area contributed by atoms with E-state index in [1.165, 1.54) is 38.5 Å². The molecule has 0 rings (SSSR count). The van der Waals surface area contributed by atoms with Crippen LogP contribution in [0.5, 0.6) is 0 Å². The number of rotatable bonds is 5. The monoisotopic (exact) mass is 285 g/mol. The standard InChI is InChI=1S/C8H18.ClH.O.Sn/c1-3-5-7-8-6-4-2;;;/h3-8H2,1-2H3;1H;;/q;;;+1/p-1. The van der Waals surface area contributed by atoms with Gasteiger partial charge in [-0.25, -0.2) is 0 Å². The second-order valence-corrected chi connectivity index (χ2v) is 3.97. The van der Waals surface area contributed by atoms with Crippen LogP contribution in [0.2, 0.25) is 0 Å². The van der Waals surface area contributed by atoms with Crippen molar-refractivity contribution in [1.29, 1.82) is 0 Å². The van der Waals surface area contributed by atoms with Crippen LogP contribution >= 0.6 is 8.92 Å². The van der Waals surface area contributed by atoms with Crippen molar-refractivity contribution in [3.8, 4) is 0 Å². The third kappa shape index (κ3) is 24.8. The van der Waals surface area contributed by atoms with Gasteiger partial charge in [0.2, 0.25) is 0 Å². The molecule has 0 aromatic heterocycles. The summed E-state index contributed by atoms with van der Waals surface area (Å²) in [6, 6.07) is 0. The van der Waals surface area contributed by atoms with Crippen LogP contribution in [-0.2, 0) is 3.08 Å². The van der Waals surface area contributed by atoms with Gasteiger partial charge in [0.15, 0.2) is 0 Å². The molecule has 0 fully saturated rings. The normalized spacial score (nSPS) is 8.27. The minimum atomic E-state index is -1.55. The molecule has 0 amide bonds. The van der Waals surface area contributed by atoms with Gasteiger partial charge in [-0.1, -0.05) is 52.4 Å². The molecule has 1 nitrogen and oxygen atoms in total. The summed E-state index contributed by atoms with van der Waals surface area (Å²) in [6.07, 6.45) is 8.49. The maximum atomic E-state index is 8.87. The quantitative estimate of drug-likeness (QED) is 0.557. The first kappa shape index (κ1) is 14.4. The third-order valence-electron chi connectivity index (χ3n) is 1.46. The minimum absolute atomic E-state index is 1.36. The zero-order chi connectivity index (χ0) is 8.95. The Morgan fingerprint density at radius 3 is 1.45 bits per heavy atom. The summed E-state index contributed by atoms with van der Waals surface area (Å²) in [5.41, 5.74) is 0. The molecule has 0 aromatic carbocycles. The molecule has 11 heavy (non-hydrogen) atoms. The van der Waals surface area contributed by atoms with Crippen molar-refractivity contribution >= 4 is 28.9 Å². The van der Waals surface area contributed by atoms with E-state index in [2.05, 4.69) is 22.8 Å². The van der Waals surface area contributed by atoms with Crippen LogP contribution in [0.1, 0.15) is 52.4 Å². The van der Waals surface area contributed by atoms with Crippen molar-refractivity contribution in [1.82, 2.24) is 0 Å². The summed E-state index contributed by atoms with van der Waals surface area (Å²) in [5.74, 6) is 0. The average Bonchev–Trinajstić information content (AvgIpc) is 2.00. The van der Waals surface area contributed by atoms with E-state index in [0.29, 0.717) is 0 Å². The Labute approximate surface area is 84.2 Å². The van der Waals surface area contributed by atoms with Gasteiger partial charge in [-0.15, -0.1) is 0 Å². The Morgan fingerprint density at radius 2 is 1.27 bits per heavy atom. The molecule has 1 radical (unpaired) electrons. The van der Waals surface area contributed by atoms with Gasteiger partial charge in [-0.05, 0) is 0 Å². The van der Waals surface area contributed by atoms with E-state index < -0.39 is 20.0 Å². The van der Waals surface area contributed by atoms with E-state index in [1.54, 1.807) is 0 Å². The van der Waals surface area contributed by atoms with E-state index in [-0.39, 0.29) is 0 Å². The Kier molecular flexibility index (Phi) is 22.4. The van der Waals surface area contributed by atoms with Crippen LogP contribution in [0.15, 0.2) is 0 Å². The van der Waals surface area contributed by atoms with Crippen molar-refractivity contribution in [2.45, 2.75) is 52.4 Å². The van der Waals surface area contributed by atoms with Gasteiger partial charge in [0.1, 0.15) is 0 Å². The molecule has 0 bridgehead atoms. The molecule has 0 aliphatic rings. The van der Waals surface area contributed by atoms with E-state index in [0.717, 1.165) is 0 Å². The molecule has 3 heteroatoms. The summed E-state index contributed by atoms with van der Waals surface area (Å²) in [6.45, 7) is 4.51. The van der Waals surface area contributed by atoms with Gasteiger partial charge in [0, 0.05) is 0 Å². The number of halogens is 1. The first-order valence-electron chi connectivity index (χ1n) is 4.31. The predicted octanol–water partition coefficient (Wildman–Crippen LogP) is 3.56. The Bertz CT molecular complexity index is 63.1. The first-order valence-corrected chi connectivity index (χ1v) is 9.09. The number of unbranched alkanes of at least 4 members (excludes halogenated alkanes) is 5. The van der Waals surface area contributed by atoms with E-state index in [4.69, 9.17) is 3.08 Å². The summed E-state index contributed by atoms with van der Waals surface area (Å²) in [7, 11) is 4.61. The molecule has 0 saturated heterocycles. The van der Waals surface area contributed by atoms with Crippen LogP contribution in [0.3, 0.4) is 0 Å². The maximum absolute atomic E-state index is 8.87. The zero-order valence-corrected chi connectivity index (χ0v) is 11.1. The van der Waals surface area contributed by atoms with Gasteiger partial charge >= 0.3 is 32.0 Å². The fourth-order valence-corrected chi connectivity index (χ4v) is 0.854. The molecule has 0 heterocycles. The van der Waals surface area contributed by atoms with Crippen LogP contribution in [-0.4, -0.2) is 20.0 Å². The van der Waals surface area contributed by atoms with Crippen molar-refractivity contribution in [2.24, 2.45) is 0 Å². The molecule has 67 valence electrons. The fourth-order valence-electron chi connectivity index (χ4n) is 0.854. The Balaban J connectivity index is 0. The zero-order valence-electron chi connectivity index (χ0n) is 7.53. The van der Waals surface area contributed by atoms with Crippen molar-refractivity contribution in [2.75, 3.05) is 0 Å². The molecule has 0 unspecified atom stereocenters.